The lowest BCUT2D eigenvalue weighted by atomic mass is 9.79. The average Bonchev–Trinajstić information content (AvgIpc) is 2.53. The first kappa shape index (κ1) is 17.7. The van der Waals surface area contributed by atoms with Crippen molar-refractivity contribution in [2.75, 3.05) is 26.2 Å². The molecule has 1 saturated heterocycles. The van der Waals surface area contributed by atoms with Crippen molar-refractivity contribution in [2.24, 2.45) is 5.92 Å². The van der Waals surface area contributed by atoms with Gasteiger partial charge in [0.2, 0.25) is 0 Å². The predicted octanol–water partition coefficient (Wildman–Crippen LogP) is 4.08. The summed E-state index contributed by atoms with van der Waals surface area (Å²) in [4.78, 5) is 2.52. The molecule has 1 aromatic rings. The van der Waals surface area contributed by atoms with Crippen LogP contribution in [0.1, 0.15) is 49.3 Å². The smallest absolute Gasteiger partial charge is 0.128 e. The molecule has 3 rings (SSSR count). The predicted molar refractivity (Wildman–Crippen MR) is 92.1 cm³/mol. The third-order valence-electron chi connectivity index (χ3n) is 5.11. The van der Waals surface area contributed by atoms with Crippen LogP contribution >= 0.6 is 12.4 Å². The molecule has 0 bridgehead atoms. The number of nitrogens with one attached hydrogen (secondary N) is 1. The molecule has 2 nitrogen and oxygen atoms in total. The lowest BCUT2D eigenvalue weighted by Crippen LogP contribution is -2.47. The Hall–Kier alpha value is -0.640. The number of rotatable bonds is 3. The Morgan fingerprint density at radius 3 is 2.50 bits per heavy atom. The topological polar surface area (TPSA) is 15.3 Å². The van der Waals surface area contributed by atoms with Gasteiger partial charge in [-0.2, -0.15) is 0 Å². The number of piperazine rings is 1. The quantitative estimate of drug-likeness (QED) is 0.900. The second-order valence-corrected chi connectivity index (χ2v) is 6.65. The molecule has 1 aliphatic carbocycles. The van der Waals surface area contributed by atoms with E-state index in [-0.39, 0.29) is 24.3 Å². The highest BCUT2D eigenvalue weighted by Gasteiger charge is 2.32. The normalized spacial score (nSPS) is 22.1. The van der Waals surface area contributed by atoms with Gasteiger partial charge in [0.05, 0.1) is 0 Å². The molecular formula is C18H28ClFN2. The highest BCUT2D eigenvalue weighted by Crippen LogP contribution is 2.39. The van der Waals surface area contributed by atoms with Crippen LogP contribution in [0.25, 0.3) is 0 Å². The van der Waals surface area contributed by atoms with E-state index in [2.05, 4.69) is 23.2 Å². The van der Waals surface area contributed by atoms with Crippen LogP contribution in [0, 0.1) is 18.7 Å². The standard InChI is InChI=1S/C18H27FN2.ClH/c1-14-7-8-17(19)16(13-14)18(15-5-3-2-4-6-15)21-11-9-20-10-12-21;/h7-8,13,15,18,20H,2-6,9-12H2,1H3;1H/t18-;/m0./s1. The fraction of sp³-hybridized carbons (Fsp3) is 0.667. The van der Waals surface area contributed by atoms with Crippen LogP contribution in [0.15, 0.2) is 18.2 Å². The SMILES string of the molecule is Cc1ccc(F)c([C@H](C2CCCCC2)N2CCNCC2)c1.Cl. The zero-order valence-electron chi connectivity index (χ0n) is 13.5. The van der Waals surface area contributed by atoms with E-state index in [1.165, 1.54) is 37.7 Å². The van der Waals surface area contributed by atoms with Gasteiger partial charge < -0.3 is 5.32 Å². The fourth-order valence-electron chi connectivity index (χ4n) is 4.05. The molecule has 0 amide bonds. The van der Waals surface area contributed by atoms with Crippen molar-refractivity contribution in [1.82, 2.24) is 10.2 Å². The van der Waals surface area contributed by atoms with Crippen molar-refractivity contribution in [3.05, 3.63) is 35.1 Å². The zero-order chi connectivity index (χ0) is 14.7. The minimum absolute atomic E-state index is 0. The van der Waals surface area contributed by atoms with Crippen molar-refractivity contribution >= 4 is 12.4 Å². The molecule has 1 aliphatic heterocycles. The molecule has 0 aromatic heterocycles. The molecule has 1 saturated carbocycles. The number of benzene rings is 1. The van der Waals surface area contributed by atoms with Gasteiger partial charge in [-0.25, -0.2) is 4.39 Å². The van der Waals surface area contributed by atoms with E-state index in [0.29, 0.717) is 5.92 Å². The van der Waals surface area contributed by atoms with Gasteiger partial charge in [0.25, 0.3) is 0 Å². The van der Waals surface area contributed by atoms with Gasteiger partial charge in [0.15, 0.2) is 0 Å². The second-order valence-electron chi connectivity index (χ2n) is 6.65. The summed E-state index contributed by atoms with van der Waals surface area (Å²) in [7, 11) is 0. The maximum atomic E-state index is 14.5. The first-order valence-electron chi connectivity index (χ1n) is 8.46. The summed E-state index contributed by atoms with van der Waals surface area (Å²) in [6.07, 6.45) is 6.46. The van der Waals surface area contributed by atoms with E-state index in [1.807, 2.05) is 6.07 Å². The van der Waals surface area contributed by atoms with Crippen LogP contribution in [0.3, 0.4) is 0 Å². The van der Waals surface area contributed by atoms with Crippen LogP contribution in [0.2, 0.25) is 0 Å². The zero-order valence-corrected chi connectivity index (χ0v) is 14.3. The highest BCUT2D eigenvalue weighted by atomic mass is 35.5. The Morgan fingerprint density at radius 1 is 1.14 bits per heavy atom. The van der Waals surface area contributed by atoms with Gasteiger partial charge in [-0.15, -0.1) is 12.4 Å². The summed E-state index contributed by atoms with van der Waals surface area (Å²) in [5, 5.41) is 3.41. The third-order valence-corrected chi connectivity index (χ3v) is 5.11. The van der Waals surface area contributed by atoms with Crippen molar-refractivity contribution < 1.29 is 4.39 Å². The maximum Gasteiger partial charge on any atom is 0.128 e. The van der Waals surface area contributed by atoms with E-state index in [9.17, 15) is 4.39 Å². The molecule has 124 valence electrons. The summed E-state index contributed by atoms with van der Waals surface area (Å²) >= 11 is 0. The van der Waals surface area contributed by atoms with Crippen LogP contribution in [-0.4, -0.2) is 31.1 Å². The molecule has 1 N–H and O–H groups in total. The van der Waals surface area contributed by atoms with Gasteiger partial charge in [0, 0.05) is 37.8 Å². The fourth-order valence-corrected chi connectivity index (χ4v) is 4.05. The molecule has 0 spiro atoms. The first-order valence-corrected chi connectivity index (χ1v) is 8.46. The van der Waals surface area contributed by atoms with Gasteiger partial charge in [-0.1, -0.05) is 37.0 Å². The molecule has 0 unspecified atom stereocenters. The minimum Gasteiger partial charge on any atom is -0.314 e. The van der Waals surface area contributed by atoms with Crippen LogP contribution in [0.5, 0.6) is 0 Å². The van der Waals surface area contributed by atoms with E-state index in [4.69, 9.17) is 0 Å². The van der Waals surface area contributed by atoms with Crippen molar-refractivity contribution in [1.29, 1.82) is 0 Å². The molecule has 4 heteroatoms. The molecule has 2 aliphatic rings. The lowest BCUT2D eigenvalue weighted by Gasteiger charge is -2.41. The van der Waals surface area contributed by atoms with Crippen molar-refractivity contribution in [2.45, 2.75) is 45.1 Å². The van der Waals surface area contributed by atoms with Crippen LogP contribution in [0.4, 0.5) is 4.39 Å². The summed E-state index contributed by atoms with van der Waals surface area (Å²) < 4.78 is 14.5. The first-order chi connectivity index (χ1) is 10.3. The molecule has 1 atom stereocenters. The number of hydrogen-bond donors (Lipinski definition) is 1. The monoisotopic (exact) mass is 326 g/mol. The Kier molecular flexibility index (Phi) is 6.66. The Bertz CT molecular complexity index is 450. The summed E-state index contributed by atoms with van der Waals surface area (Å²) in [5.74, 6) is 0.600. The van der Waals surface area contributed by atoms with Crippen molar-refractivity contribution in [3.63, 3.8) is 0 Å². The highest BCUT2D eigenvalue weighted by molar-refractivity contribution is 5.85. The van der Waals surface area contributed by atoms with Gasteiger partial charge in [-0.3, -0.25) is 4.90 Å². The average molecular weight is 327 g/mol. The molecular weight excluding hydrogens is 299 g/mol. The second kappa shape index (κ2) is 8.28. The number of nitrogens with zero attached hydrogens (tertiary/aromatic N) is 1. The third kappa shape index (κ3) is 4.01. The lowest BCUT2D eigenvalue weighted by molar-refractivity contribution is 0.101. The van der Waals surface area contributed by atoms with Gasteiger partial charge in [-0.05, 0) is 31.7 Å². The number of halogens is 2. The largest absolute Gasteiger partial charge is 0.314 e. The number of hydrogen-bond acceptors (Lipinski definition) is 2. The molecule has 22 heavy (non-hydrogen) atoms. The Labute approximate surface area is 139 Å². The van der Waals surface area contributed by atoms with Gasteiger partial charge >= 0.3 is 0 Å². The number of aryl methyl sites for hydroxylation is 1. The summed E-state index contributed by atoms with van der Waals surface area (Å²) in [6.45, 7) is 6.19. The van der Waals surface area contributed by atoms with E-state index in [1.54, 1.807) is 6.07 Å². The van der Waals surface area contributed by atoms with E-state index < -0.39 is 0 Å². The molecule has 1 aromatic carbocycles. The van der Waals surface area contributed by atoms with Crippen molar-refractivity contribution in [3.8, 4) is 0 Å². The molecule has 0 radical (unpaired) electrons. The summed E-state index contributed by atoms with van der Waals surface area (Å²) in [5.41, 5.74) is 2.10. The van der Waals surface area contributed by atoms with E-state index >= 15 is 0 Å². The van der Waals surface area contributed by atoms with Crippen LogP contribution < -0.4 is 5.32 Å². The Morgan fingerprint density at radius 2 is 1.82 bits per heavy atom. The molecule has 1 heterocycles. The maximum absolute atomic E-state index is 14.5. The summed E-state index contributed by atoms with van der Waals surface area (Å²) in [6, 6.07) is 5.89. The molecule has 2 fully saturated rings. The van der Waals surface area contributed by atoms with Gasteiger partial charge in [0.1, 0.15) is 5.82 Å². The van der Waals surface area contributed by atoms with Crippen LogP contribution in [-0.2, 0) is 0 Å². The Balaban J connectivity index is 0.00000176. The minimum atomic E-state index is -0.0188. The van der Waals surface area contributed by atoms with E-state index in [0.717, 1.165) is 31.7 Å².